The molecule has 0 aliphatic carbocycles. The van der Waals surface area contributed by atoms with E-state index in [2.05, 4.69) is 39.4 Å². The van der Waals surface area contributed by atoms with E-state index in [0.717, 1.165) is 22.4 Å². The summed E-state index contributed by atoms with van der Waals surface area (Å²) in [5.74, 6) is 0.893. The summed E-state index contributed by atoms with van der Waals surface area (Å²) in [5.41, 5.74) is 3.02. The van der Waals surface area contributed by atoms with Gasteiger partial charge in [-0.25, -0.2) is 4.98 Å². The van der Waals surface area contributed by atoms with E-state index in [1.165, 1.54) is 4.90 Å². The van der Waals surface area contributed by atoms with Crippen molar-refractivity contribution in [1.29, 1.82) is 0 Å². The molecular weight excluding hydrogens is 301 g/mol. The number of hydrogen-bond acceptors (Lipinski definition) is 3. The van der Waals surface area contributed by atoms with Gasteiger partial charge in [0.15, 0.2) is 0 Å². The summed E-state index contributed by atoms with van der Waals surface area (Å²) in [6.07, 6.45) is 5.62. The fraction of sp³-hybridized carbons (Fsp3) is 0.0769. The summed E-state index contributed by atoms with van der Waals surface area (Å²) in [6, 6.07) is 10.2. The normalized spacial score (nSPS) is 9.74. The minimum Gasteiger partial charge on any atom is -0.337 e. The van der Waals surface area contributed by atoms with E-state index in [4.69, 9.17) is 0 Å². The van der Waals surface area contributed by atoms with Crippen molar-refractivity contribution in [3.8, 4) is 11.4 Å². The minimum atomic E-state index is 0. The number of benzene rings is 1. The third-order valence-corrected chi connectivity index (χ3v) is 3.35. The number of aromatic amines is 1. The summed E-state index contributed by atoms with van der Waals surface area (Å²) in [7, 11) is 0. The van der Waals surface area contributed by atoms with Gasteiger partial charge in [-0.1, -0.05) is 12.1 Å². The molecule has 19 heavy (non-hydrogen) atoms. The Hall–Kier alpha value is -1.23. The van der Waals surface area contributed by atoms with Gasteiger partial charge in [0.2, 0.25) is 0 Å². The molecule has 6 heteroatoms. The van der Waals surface area contributed by atoms with Crippen LogP contribution in [0.1, 0.15) is 0 Å². The highest BCUT2D eigenvalue weighted by atomic mass is 35.5. The van der Waals surface area contributed by atoms with Gasteiger partial charge in [-0.15, -0.1) is 36.6 Å². The molecule has 0 bridgehead atoms. The largest absolute Gasteiger partial charge is 0.337 e. The van der Waals surface area contributed by atoms with Crippen molar-refractivity contribution in [2.75, 3.05) is 6.26 Å². The zero-order valence-electron chi connectivity index (χ0n) is 10.2. The van der Waals surface area contributed by atoms with E-state index in [1.807, 2.05) is 12.1 Å². The number of pyridine rings is 1. The quantitative estimate of drug-likeness (QED) is 0.721. The van der Waals surface area contributed by atoms with Crippen molar-refractivity contribution in [2.24, 2.45) is 0 Å². The molecule has 3 aromatic rings. The molecule has 2 aromatic heterocycles. The van der Waals surface area contributed by atoms with E-state index < -0.39 is 0 Å². The lowest BCUT2D eigenvalue weighted by Gasteiger charge is -1.99. The summed E-state index contributed by atoms with van der Waals surface area (Å²) < 4.78 is 0. The van der Waals surface area contributed by atoms with Gasteiger partial charge in [-0.3, -0.25) is 4.98 Å². The lowest BCUT2D eigenvalue weighted by Crippen LogP contribution is -1.80. The van der Waals surface area contributed by atoms with E-state index in [-0.39, 0.29) is 24.8 Å². The molecule has 1 N–H and O–H groups in total. The molecule has 0 aliphatic rings. The second-order valence-electron chi connectivity index (χ2n) is 3.71. The molecule has 0 fully saturated rings. The molecular formula is C13H13Cl2N3S. The molecule has 0 radical (unpaired) electrons. The summed E-state index contributed by atoms with van der Waals surface area (Å²) in [4.78, 5) is 13.1. The van der Waals surface area contributed by atoms with Gasteiger partial charge < -0.3 is 4.98 Å². The highest BCUT2D eigenvalue weighted by Gasteiger charge is 2.05. The fourth-order valence-corrected chi connectivity index (χ4v) is 2.22. The highest BCUT2D eigenvalue weighted by molar-refractivity contribution is 7.98. The molecule has 2 heterocycles. The molecule has 0 unspecified atom stereocenters. The molecule has 100 valence electrons. The zero-order valence-corrected chi connectivity index (χ0v) is 12.6. The maximum absolute atomic E-state index is 4.55. The van der Waals surface area contributed by atoms with E-state index in [0.29, 0.717) is 0 Å². The van der Waals surface area contributed by atoms with Crippen molar-refractivity contribution >= 4 is 47.6 Å². The lowest BCUT2D eigenvalue weighted by molar-refractivity contribution is 1.31. The molecule has 3 nitrogen and oxygen atoms in total. The topological polar surface area (TPSA) is 41.6 Å². The third-order valence-electron chi connectivity index (χ3n) is 2.63. The Morgan fingerprint density at radius 1 is 1.16 bits per heavy atom. The van der Waals surface area contributed by atoms with Crippen LogP contribution in [0.15, 0.2) is 47.6 Å². The number of rotatable bonds is 2. The van der Waals surface area contributed by atoms with E-state index in [1.54, 1.807) is 24.2 Å². The van der Waals surface area contributed by atoms with E-state index in [9.17, 15) is 0 Å². The predicted molar refractivity (Wildman–Crippen MR) is 85.6 cm³/mol. The summed E-state index contributed by atoms with van der Waals surface area (Å²) in [6.45, 7) is 0. The first kappa shape index (κ1) is 15.8. The first-order valence-electron chi connectivity index (χ1n) is 5.31. The van der Waals surface area contributed by atoms with Crippen molar-refractivity contribution in [3.63, 3.8) is 0 Å². The Morgan fingerprint density at radius 3 is 2.74 bits per heavy atom. The third kappa shape index (κ3) is 3.21. The number of fused-ring (bicyclic) bond motifs is 1. The van der Waals surface area contributed by atoms with Gasteiger partial charge in [0.25, 0.3) is 0 Å². The Labute approximate surface area is 128 Å². The highest BCUT2D eigenvalue weighted by Crippen LogP contribution is 2.24. The standard InChI is InChI=1S/C13H11N3S.2ClH/c1-17-10-4-2-3-9(7-10)13-15-11-5-6-14-8-12(11)16-13;;/h2-8H,1H3,(H,15,16);2*1H. The summed E-state index contributed by atoms with van der Waals surface area (Å²) in [5, 5.41) is 0. The van der Waals surface area contributed by atoms with Gasteiger partial charge in [-0.05, 0) is 24.5 Å². The van der Waals surface area contributed by atoms with Crippen molar-refractivity contribution in [2.45, 2.75) is 4.90 Å². The first-order valence-corrected chi connectivity index (χ1v) is 6.53. The molecule has 0 spiro atoms. The number of aromatic nitrogens is 3. The molecule has 0 amide bonds. The van der Waals surface area contributed by atoms with Crippen LogP contribution in [0.3, 0.4) is 0 Å². The second kappa shape index (κ2) is 6.80. The van der Waals surface area contributed by atoms with Crippen molar-refractivity contribution in [3.05, 3.63) is 42.7 Å². The van der Waals surface area contributed by atoms with Crippen LogP contribution in [-0.2, 0) is 0 Å². The van der Waals surface area contributed by atoms with Gasteiger partial charge in [-0.2, -0.15) is 0 Å². The number of H-pyrrole nitrogens is 1. The average molecular weight is 314 g/mol. The Morgan fingerprint density at radius 2 is 2.00 bits per heavy atom. The van der Waals surface area contributed by atoms with Crippen LogP contribution in [0.5, 0.6) is 0 Å². The minimum absolute atomic E-state index is 0. The lowest BCUT2D eigenvalue weighted by atomic mass is 10.2. The first-order chi connectivity index (χ1) is 8.36. The van der Waals surface area contributed by atoms with Crippen LogP contribution >= 0.6 is 36.6 Å². The summed E-state index contributed by atoms with van der Waals surface area (Å²) >= 11 is 1.73. The van der Waals surface area contributed by atoms with Gasteiger partial charge in [0.05, 0.1) is 17.2 Å². The Bertz CT molecular complexity index is 637. The monoisotopic (exact) mass is 313 g/mol. The Kier molecular flexibility index (Phi) is 5.66. The fourth-order valence-electron chi connectivity index (χ4n) is 1.76. The molecule has 0 atom stereocenters. The number of halogens is 2. The number of hydrogen-bond donors (Lipinski definition) is 1. The number of nitrogens with zero attached hydrogens (tertiary/aromatic N) is 2. The number of imidazole rings is 1. The van der Waals surface area contributed by atoms with E-state index >= 15 is 0 Å². The Balaban J connectivity index is 0.000000902. The molecule has 0 saturated heterocycles. The van der Waals surface area contributed by atoms with Crippen molar-refractivity contribution in [1.82, 2.24) is 15.0 Å². The number of nitrogens with one attached hydrogen (secondary N) is 1. The van der Waals surface area contributed by atoms with Gasteiger partial charge in [0, 0.05) is 16.7 Å². The van der Waals surface area contributed by atoms with Crippen LogP contribution < -0.4 is 0 Å². The molecule has 3 rings (SSSR count). The second-order valence-corrected chi connectivity index (χ2v) is 4.59. The average Bonchev–Trinajstić information content (AvgIpc) is 2.82. The maximum Gasteiger partial charge on any atom is 0.138 e. The maximum atomic E-state index is 4.55. The van der Waals surface area contributed by atoms with Crippen LogP contribution in [0.4, 0.5) is 0 Å². The molecule has 0 saturated carbocycles. The smallest absolute Gasteiger partial charge is 0.138 e. The van der Waals surface area contributed by atoms with Crippen LogP contribution in [-0.4, -0.2) is 21.2 Å². The van der Waals surface area contributed by atoms with Crippen LogP contribution in [0, 0.1) is 0 Å². The molecule has 1 aromatic carbocycles. The van der Waals surface area contributed by atoms with Crippen LogP contribution in [0.25, 0.3) is 22.4 Å². The van der Waals surface area contributed by atoms with Gasteiger partial charge >= 0.3 is 0 Å². The van der Waals surface area contributed by atoms with Crippen LogP contribution in [0.2, 0.25) is 0 Å². The zero-order chi connectivity index (χ0) is 11.7. The van der Waals surface area contributed by atoms with Gasteiger partial charge in [0.1, 0.15) is 5.82 Å². The predicted octanol–water partition coefficient (Wildman–Crippen LogP) is 4.19. The number of thioether (sulfide) groups is 1. The van der Waals surface area contributed by atoms with Crippen molar-refractivity contribution < 1.29 is 0 Å². The SMILES string of the molecule is CSc1cccc(-c2nc3ccncc3[nH]2)c1.Cl.Cl. The molecule has 0 aliphatic heterocycles.